The second kappa shape index (κ2) is 7.77. The second-order valence-electron chi connectivity index (χ2n) is 8.34. The number of hydrogen-bond donors (Lipinski definition) is 0. The normalized spacial score (nSPS) is 23.8. The summed E-state index contributed by atoms with van der Waals surface area (Å²) in [5.41, 5.74) is 0.400. The maximum atomic E-state index is 13.5. The van der Waals surface area contributed by atoms with Crippen LogP contribution in [0.4, 0.5) is 4.39 Å². The van der Waals surface area contributed by atoms with Gasteiger partial charge in [-0.15, -0.1) is 0 Å². The molecule has 2 aliphatic rings. The van der Waals surface area contributed by atoms with E-state index in [1.54, 1.807) is 12.1 Å². The molecule has 1 aromatic rings. The Balaban J connectivity index is 1.70. The summed E-state index contributed by atoms with van der Waals surface area (Å²) in [6.07, 6.45) is 4.41. The van der Waals surface area contributed by atoms with E-state index in [0.29, 0.717) is 31.0 Å². The molecule has 142 valence electrons. The van der Waals surface area contributed by atoms with E-state index in [9.17, 15) is 14.0 Å². The predicted octanol–water partition coefficient (Wildman–Crippen LogP) is 3.72. The Morgan fingerprint density at radius 3 is 2.81 bits per heavy atom. The molecule has 1 atom stereocenters. The van der Waals surface area contributed by atoms with Crippen LogP contribution in [0.15, 0.2) is 24.3 Å². The van der Waals surface area contributed by atoms with Crippen LogP contribution in [0.3, 0.4) is 0 Å². The number of likely N-dealkylation sites (tertiary alicyclic amines) is 2. The third-order valence-electron chi connectivity index (χ3n) is 5.74. The van der Waals surface area contributed by atoms with Crippen molar-refractivity contribution in [3.05, 3.63) is 35.6 Å². The Hall–Kier alpha value is -1.91. The molecule has 0 bridgehead atoms. The van der Waals surface area contributed by atoms with Crippen LogP contribution in [-0.2, 0) is 4.79 Å². The van der Waals surface area contributed by atoms with E-state index in [2.05, 4.69) is 13.8 Å². The van der Waals surface area contributed by atoms with E-state index in [1.165, 1.54) is 12.1 Å². The van der Waals surface area contributed by atoms with Crippen LogP contribution in [-0.4, -0.2) is 47.8 Å². The van der Waals surface area contributed by atoms with Gasteiger partial charge in [0.25, 0.3) is 5.91 Å². The van der Waals surface area contributed by atoms with Crippen molar-refractivity contribution in [3.8, 4) is 0 Å². The van der Waals surface area contributed by atoms with Gasteiger partial charge in [0.2, 0.25) is 5.91 Å². The summed E-state index contributed by atoms with van der Waals surface area (Å²) in [7, 11) is 0. The van der Waals surface area contributed by atoms with Crippen LogP contribution in [0, 0.1) is 17.2 Å². The highest BCUT2D eigenvalue weighted by Gasteiger charge is 2.42. The lowest BCUT2D eigenvalue weighted by molar-refractivity contribution is -0.139. The van der Waals surface area contributed by atoms with Gasteiger partial charge < -0.3 is 9.80 Å². The third-order valence-corrected chi connectivity index (χ3v) is 5.74. The molecule has 2 amide bonds. The molecule has 0 radical (unpaired) electrons. The van der Waals surface area contributed by atoms with Gasteiger partial charge in [0, 0.05) is 43.6 Å². The highest BCUT2D eigenvalue weighted by molar-refractivity contribution is 5.94. The first-order valence-electron chi connectivity index (χ1n) is 9.71. The van der Waals surface area contributed by atoms with Crippen molar-refractivity contribution in [2.75, 3.05) is 26.2 Å². The summed E-state index contributed by atoms with van der Waals surface area (Å²) in [6, 6.07) is 5.91. The largest absolute Gasteiger partial charge is 0.342 e. The van der Waals surface area contributed by atoms with Gasteiger partial charge in [-0.05, 0) is 49.8 Å². The van der Waals surface area contributed by atoms with E-state index in [1.807, 2.05) is 9.80 Å². The van der Waals surface area contributed by atoms with E-state index in [4.69, 9.17) is 0 Å². The summed E-state index contributed by atoms with van der Waals surface area (Å²) in [5.74, 6) is 0.322. The summed E-state index contributed by atoms with van der Waals surface area (Å²) < 4.78 is 13.5. The lowest BCUT2D eigenvalue weighted by Gasteiger charge is -2.48. The molecule has 0 saturated carbocycles. The van der Waals surface area contributed by atoms with E-state index in [-0.39, 0.29) is 23.0 Å². The Morgan fingerprint density at radius 1 is 1.27 bits per heavy atom. The van der Waals surface area contributed by atoms with Crippen LogP contribution >= 0.6 is 0 Å². The molecule has 4 nitrogen and oxygen atoms in total. The van der Waals surface area contributed by atoms with Crippen LogP contribution in [0.2, 0.25) is 0 Å². The lowest BCUT2D eigenvalue weighted by atomic mass is 9.73. The number of amides is 2. The fourth-order valence-electron chi connectivity index (χ4n) is 4.24. The molecule has 0 N–H and O–H groups in total. The minimum absolute atomic E-state index is 0.00781. The zero-order valence-electron chi connectivity index (χ0n) is 15.8. The van der Waals surface area contributed by atoms with Crippen LogP contribution in [0.5, 0.6) is 0 Å². The predicted molar refractivity (Wildman–Crippen MR) is 99.2 cm³/mol. The number of carbonyl (C=O) groups excluding carboxylic acids is 2. The molecule has 2 aliphatic heterocycles. The summed E-state index contributed by atoms with van der Waals surface area (Å²) in [4.78, 5) is 29.0. The molecular formula is C21H29FN2O2. The molecular weight excluding hydrogens is 331 g/mol. The van der Waals surface area contributed by atoms with Gasteiger partial charge in [-0.25, -0.2) is 4.39 Å². The quantitative estimate of drug-likeness (QED) is 0.821. The zero-order chi connectivity index (χ0) is 18.7. The zero-order valence-corrected chi connectivity index (χ0v) is 15.8. The number of hydrogen-bond acceptors (Lipinski definition) is 2. The van der Waals surface area contributed by atoms with Gasteiger partial charge in [-0.2, -0.15) is 0 Å². The van der Waals surface area contributed by atoms with Crippen molar-refractivity contribution in [1.82, 2.24) is 9.80 Å². The Kier molecular flexibility index (Phi) is 5.64. The number of rotatable bonds is 4. The Labute approximate surface area is 155 Å². The summed E-state index contributed by atoms with van der Waals surface area (Å²) in [5, 5.41) is 0. The topological polar surface area (TPSA) is 40.6 Å². The van der Waals surface area contributed by atoms with Gasteiger partial charge in [0.15, 0.2) is 0 Å². The standard InChI is InChI=1S/C21H29FN2O2/c1-16(2)8-12-23-14-21(10-7-19(23)25)9-4-11-24(15-21)20(26)17-5-3-6-18(22)13-17/h3,5-6,13,16H,4,7-12,14-15H2,1-2H3. The van der Waals surface area contributed by atoms with Crippen molar-refractivity contribution in [1.29, 1.82) is 0 Å². The molecule has 3 rings (SSSR count). The molecule has 1 aromatic carbocycles. The SMILES string of the molecule is CC(C)CCN1CC2(CCCN(C(=O)c3cccc(F)c3)C2)CCC1=O. The first-order valence-corrected chi connectivity index (χ1v) is 9.71. The average Bonchev–Trinajstić information content (AvgIpc) is 2.62. The van der Waals surface area contributed by atoms with Gasteiger partial charge in [-0.1, -0.05) is 19.9 Å². The Bertz CT molecular complexity index is 676. The number of benzene rings is 1. The van der Waals surface area contributed by atoms with Crippen molar-refractivity contribution in [2.24, 2.45) is 11.3 Å². The number of halogens is 1. The van der Waals surface area contributed by atoms with Gasteiger partial charge in [0.05, 0.1) is 0 Å². The van der Waals surface area contributed by atoms with Crippen molar-refractivity contribution < 1.29 is 14.0 Å². The lowest BCUT2D eigenvalue weighted by Crippen LogP contribution is -2.55. The highest BCUT2D eigenvalue weighted by atomic mass is 19.1. The molecule has 2 fully saturated rings. The fraction of sp³-hybridized carbons (Fsp3) is 0.619. The van der Waals surface area contributed by atoms with E-state index >= 15 is 0 Å². The third kappa shape index (κ3) is 4.25. The van der Waals surface area contributed by atoms with Gasteiger partial charge in [-0.3, -0.25) is 9.59 Å². The van der Waals surface area contributed by atoms with Crippen molar-refractivity contribution in [2.45, 2.75) is 46.0 Å². The monoisotopic (exact) mass is 360 g/mol. The van der Waals surface area contributed by atoms with Crippen LogP contribution < -0.4 is 0 Å². The summed E-state index contributed by atoms with van der Waals surface area (Å²) in [6.45, 7) is 7.25. The van der Waals surface area contributed by atoms with Crippen LogP contribution in [0.1, 0.15) is 56.3 Å². The minimum Gasteiger partial charge on any atom is -0.342 e. The summed E-state index contributed by atoms with van der Waals surface area (Å²) >= 11 is 0. The molecule has 26 heavy (non-hydrogen) atoms. The van der Waals surface area contributed by atoms with Crippen molar-refractivity contribution >= 4 is 11.8 Å². The number of carbonyl (C=O) groups is 2. The van der Waals surface area contributed by atoms with Crippen molar-refractivity contribution in [3.63, 3.8) is 0 Å². The van der Waals surface area contributed by atoms with Crippen LogP contribution in [0.25, 0.3) is 0 Å². The maximum absolute atomic E-state index is 13.5. The van der Waals surface area contributed by atoms with E-state index in [0.717, 1.165) is 38.8 Å². The molecule has 2 saturated heterocycles. The smallest absolute Gasteiger partial charge is 0.253 e. The molecule has 5 heteroatoms. The van der Waals surface area contributed by atoms with E-state index < -0.39 is 0 Å². The molecule has 0 aliphatic carbocycles. The Morgan fingerprint density at radius 2 is 2.08 bits per heavy atom. The number of nitrogens with zero attached hydrogens (tertiary/aromatic N) is 2. The first-order chi connectivity index (χ1) is 12.4. The first kappa shape index (κ1) is 18.9. The van der Waals surface area contributed by atoms with Gasteiger partial charge in [0.1, 0.15) is 5.82 Å². The van der Waals surface area contributed by atoms with Gasteiger partial charge >= 0.3 is 0 Å². The molecule has 0 aromatic heterocycles. The number of piperidine rings is 2. The highest BCUT2D eigenvalue weighted by Crippen LogP contribution is 2.39. The minimum atomic E-state index is -0.384. The second-order valence-corrected chi connectivity index (χ2v) is 8.34. The average molecular weight is 360 g/mol. The fourth-order valence-corrected chi connectivity index (χ4v) is 4.24. The molecule has 2 heterocycles. The molecule has 1 spiro atoms. The maximum Gasteiger partial charge on any atom is 0.253 e. The molecule has 1 unspecified atom stereocenters.